The van der Waals surface area contributed by atoms with E-state index in [9.17, 15) is 4.79 Å². The molecule has 2 aromatic heterocycles. The minimum Gasteiger partial charge on any atom is -0.464 e. The predicted octanol–water partition coefficient (Wildman–Crippen LogP) is 1.99. The number of carbonyl (C=O) groups excluding carboxylic acids is 1. The Labute approximate surface area is 90.6 Å². The first-order valence-corrected chi connectivity index (χ1v) is 5.18. The zero-order valence-corrected chi connectivity index (χ0v) is 8.82. The summed E-state index contributed by atoms with van der Waals surface area (Å²) >= 11 is 1.58. The number of aromatic nitrogens is 2. The van der Waals surface area contributed by atoms with Crippen molar-refractivity contribution in [3.63, 3.8) is 0 Å². The average Bonchev–Trinajstić information content (AvgIpc) is 2.82. The van der Waals surface area contributed by atoms with Crippen molar-refractivity contribution in [1.82, 2.24) is 9.97 Å². The van der Waals surface area contributed by atoms with E-state index in [1.807, 2.05) is 16.8 Å². The van der Waals surface area contributed by atoms with Crippen molar-refractivity contribution >= 4 is 17.3 Å². The standard InChI is InChI=1S/C10H8N2O2S/c1-14-10(13)9-4-8(11-6-12-9)7-2-3-15-5-7/h2-6H,1H3. The number of hydrogen-bond donors (Lipinski definition) is 0. The lowest BCUT2D eigenvalue weighted by molar-refractivity contribution is 0.0594. The molecule has 15 heavy (non-hydrogen) atoms. The monoisotopic (exact) mass is 220 g/mol. The van der Waals surface area contributed by atoms with Gasteiger partial charge in [-0.05, 0) is 17.5 Å². The molecule has 76 valence electrons. The van der Waals surface area contributed by atoms with Gasteiger partial charge in [-0.1, -0.05) is 0 Å². The van der Waals surface area contributed by atoms with E-state index in [1.165, 1.54) is 13.4 Å². The van der Waals surface area contributed by atoms with Crippen LogP contribution in [-0.4, -0.2) is 23.0 Å². The lowest BCUT2D eigenvalue weighted by Gasteiger charge is -2.00. The summed E-state index contributed by atoms with van der Waals surface area (Å²) in [5.74, 6) is -0.450. The first-order valence-electron chi connectivity index (χ1n) is 4.24. The molecule has 0 saturated carbocycles. The zero-order valence-electron chi connectivity index (χ0n) is 8.01. The van der Waals surface area contributed by atoms with Gasteiger partial charge in [-0.3, -0.25) is 0 Å². The first kappa shape index (κ1) is 9.79. The Kier molecular flexibility index (Phi) is 2.73. The molecule has 0 N–H and O–H groups in total. The van der Waals surface area contributed by atoms with Crippen LogP contribution in [0.3, 0.4) is 0 Å². The van der Waals surface area contributed by atoms with Crippen molar-refractivity contribution in [3.8, 4) is 11.3 Å². The van der Waals surface area contributed by atoms with Gasteiger partial charge in [-0.25, -0.2) is 14.8 Å². The summed E-state index contributed by atoms with van der Waals surface area (Å²) in [6.45, 7) is 0. The molecular formula is C10H8N2O2S. The second-order valence-corrected chi connectivity index (χ2v) is 3.57. The van der Waals surface area contributed by atoms with Crippen molar-refractivity contribution in [1.29, 1.82) is 0 Å². The quantitative estimate of drug-likeness (QED) is 0.726. The minimum atomic E-state index is -0.450. The number of carbonyl (C=O) groups is 1. The van der Waals surface area contributed by atoms with Gasteiger partial charge < -0.3 is 4.74 Å². The Hall–Kier alpha value is -1.75. The summed E-state index contributed by atoms with van der Waals surface area (Å²) < 4.78 is 4.58. The largest absolute Gasteiger partial charge is 0.464 e. The third kappa shape index (κ3) is 2.02. The van der Waals surface area contributed by atoms with Crippen LogP contribution in [-0.2, 0) is 4.74 Å². The van der Waals surface area contributed by atoms with Crippen LogP contribution >= 0.6 is 11.3 Å². The Morgan fingerprint density at radius 1 is 1.47 bits per heavy atom. The third-order valence-corrected chi connectivity index (χ3v) is 2.56. The molecule has 0 saturated heterocycles. The Balaban J connectivity index is 2.39. The molecule has 5 heteroatoms. The summed E-state index contributed by atoms with van der Waals surface area (Å²) in [5, 5.41) is 3.92. The highest BCUT2D eigenvalue weighted by Gasteiger charge is 2.09. The van der Waals surface area contributed by atoms with E-state index in [0.717, 1.165) is 11.3 Å². The van der Waals surface area contributed by atoms with Crippen LogP contribution < -0.4 is 0 Å². The second-order valence-electron chi connectivity index (χ2n) is 2.79. The average molecular weight is 220 g/mol. The normalized spacial score (nSPS) is 9.93. The van der Waals surface area contributed by atoms with Crippen LogP contribution in [0.1, 0.15) is 10.5 Å². The molecule has 0 radical (unpaired) electrons. The maximum atomic E-state index is 11.2. The predicted molar refractivity (Wildman–Crippen MR) is 56.7 cm³/mol. The molecule has 0 amide bonds. The van der Waals surface area contributed by atoms with Gasteiger partial charge in [0.25, 0.3) is 0 Å². The van der Waals surface area contributed by atoms with Crippen LogP contribution in [0.5, 0.6) is 0 Å². The van der Waals surface area contributed by atoms with Gasteiger partial charge in [0, 0.05) is 10.9 Å². The Bertz CT molecular complexity index is 468. The highest BCUT2D eigenvalue weighted by Crippen LogP contribution is 2.19. The third-order valence-electron chi connectivity index (χ3n) is 1.88. The van der Waals surface area contributed by atoms with Crippen molar-refractivity contribution in [2.45, 2.75) is 0 Å². The number of methoxy groups -OCH3 is 1. The van der Waals surface area contributed by atoms with Gasteiger partial charge in [-0.15, -0.1) is 0 Å². The van der Waals surface area contributed by atoms with E-state index in [2.05, 4.69) is 14.7 Å². The van der Waals surface area contributed by atoms with Crippen LogP contribution in [0.2, 0.25) is 0 Å². The fourth-order valence-corrected chi connectivity index (χ4v) is 1.79. The summed E-state index contributed by atoms with van der Waals surface area (Å²) in [5.41, 5.74) is 1.98. The maximum absolute atomic E-state index is 11.2. The second kappa shape index (κ2) is 4.18. The summed E-state index contributed by atoms with van der Waals surface area (Å²) in [7, 11) is 1.33. The van der Waals surface area contributed by atoms with E-state index in [1.54, 1.807) is 17.4 Å². The number of ether oxygens (including phenoxy) is 1. The molecule has 2 aromatic rings. The van der Waals surface area contributed by atoms with Gasteiger partial charge in [0.05, 0.1) is 12.8 Å². The van der Waals surface area contributed by atoms with E-state index in [0.29, 0.717) is 0 Å². The topological polar surface area (TPSA) is 52.1 Å². The minimum absolute atomic E-state index is 0.272. The molecule has 0 atom stereocenters. The molecule has 2 heterocycles. The first-order chi connectivity index (χ1) is 7.31. The molecule has 0 aliphatic heterocycles. The fraction of sp³-hybridized carbons (Fsp3) is 0.100. The van der Waals surface area contributed by atoms with Gasteiger partial charge in [0.15, 0.2) is 5.69 Å². The van der Waals surface area contributed by atoms with E-state index >= 15 is 0 Å². The molecule has 0 unspecified atom stereocenters. The fourth-order valence-electron chi connectivity index (χ4n) is 1.14. The number of esters is 1. The molecular weight excluding hydrogens is 212 g/mol. The number of hydrogen-bond acceptors (Lipinski definition) is 5. The van der Waals surface area contributed by atoms with Crippen molar-refractivity contribution in [2.24, 2.45) is 0 Å². The number of thiophene rings is 1. The lowest BCUT2D eigenvalue weighted by Crippen LogP contribution is -2.04. The van der Waals surface area contributed by atoms with Crippen LogP contribution in [0.15, 0.2) is 29.2 Å². The summed E-state index contributed by atoms with van der Waals surface area (Å²) in [4.78, 5) is 19.1. The molecule has 0 fully saturated rings. The van der Waals surface area contributed by atoms with E-state index in [-0.39, 0.29) is 5.69 Å². The van der Waals surface area contributed by atoms with Gasteiger partial charge in [-0.2, -0.15) is 11.3 Å². The smallest absolute Gasteiger partial charge is 0.356 e. The van der Waals surface area contributed by atoms with Crippen molar-refractivity contribution < 1.29 is 9.53 Å². The lowest BCUT2D eigenvalue weighted by atomic mass is 10.2. The van der Waals surface area contributed by atoms with Crippen LogP contribution in [0.4, 0.5) is 0 Å². The van der Waals surface area contributed by atoms with Crippen LogP contribution in [0.25, 0.3) is 11.3 Å². The van der Waals surface area contributed by atoms with Gasteiger partial charge in [0.2, 0.25) is 0 Å². The number of rotatable bonds is 2. The van der Waals surface area contributed by atoms with Crippen LogP contribution in [0, 0.1) is 0 Å². The van der Waals surface area contributed by atoms with E-state index < -0.39 is 5.97 Å². The van der Waals surface area contributed by atoms with Gasteiger partial charge in [0.1, 0.15) is 6.33 Å². The van der Waals surface area contributed by atoms with Crippen molar-refractivity contribution in [3.05, 3.63) is 34.9 Å². The highest BCUT2D eigenvalue weighted by atomic mass is 32.1. The summed E-state index contributed by atoms with van der Waals surface area (Å²) in [6.07, 6.45) is 1.36. The number of nitrogens with zero attached hydrogens (tertiary/aromatic N) is 2. The molecule has 0 bridgehead atoms. The SMILES string of the molecule is COC(=O)c1cc(-c2ccsc2)ncn1. The molecule has 2 rings (SSSR count). The maximum Gasteiger partial charge on any atom is 0.356 e. The van der Waals surface area contributed by atoms with Crippen molar-refractivity contribution in [2.75, 3.05) is 7.11 Å². The zero-order chi connectivity index (χ0) is 10.7. The van der Waals surface area contributed by atoms with Gasteiger partial charge >= 0.3 is 5.97 Å². The van der Waals surface area contributed by atoms with E-state index in [4.69, 9.17) is 0 Å². The molecule has 0 aliphatic rings. The summed E-state index contributed by atoms with van der Waals surface area (Å²) in [6, 6.07) is 3.56. The molecule has 0 aromatic carbocycles. The highest BCUT2D eigenvalue weighted by molar-refractivity contribution is 7.08. The molecule has 0 aliphatic carbocycles. The Morgan fingerprint density at radius 3 is 3.00 bits per heavy atom. The molecule has 0 spiro atoms. The molecule has 4 nitrogen and oxygen atoms in total. The Morgan fingerprint density at radius 2 is 2.33 bits per heavy atom.